The molecule has 0 aromatic carbocycles. The van der Waals surface area contributed by atoms with Crippen molar-refractivity contribution >= 4 is 39.1 Å². The average molecular weight is 318 g/mol. The van der Waals surface area contributed by atoms with Crippen LogP contribution in [0.1, 0.15) is 11.3 Å². The first-order valence-electron chi connectivity index (χ1n) is 5.31. The molecular weight excluding hydrogens is 306 g/mol. The molecule has 1 aliphatic rings. The van der Waals surface area contributed by atoms with Crippen LogP contribution < -0.4 is 5.32 Å². The van der Waals surface area contributed by atoms with E-state index in [1.54, 1.807) is 11.3 Å². The highest BCUT2D eigenvalue weighted by atomic mass is 79.9. The third kappa shape index (κ3) is 3.29. The first-order chi connectivity index (χ1) is 8.08. The van der Waals surface area contributed by atoms with E-state index in [0.717, 1.165) is 10.9 Å². The molecule has 6 heteroatoms. The van der Waals surface area contributed by atoms with Crippen molar-refractivity contribution in [3.8, 4) is 0 Å². The van der Waals surface area contributed by atoms with Gasteiger partial charge in [0.25, 0.3) is 0 Å². The number of thiophene rings is 1. The van der Waals surface area contributed by atoms with Gasteiger partial charge in [-0.2, -0.15) is 0 Å². The largest absolute Gasteiger partial charge is 0.481 e. The summed E-state index contributed by atoms with van der Waals surface area (Å²) in [5.41, 5.74) is 0. The van der Waals surface area contributed by atoms with Gasteiger partial charge in [0, 0.05) is 21.3 Å². The summed E-state index contributed by atoms with van der Waals surface area (Å²) in [5, 5.41) is 13.5. The molecule has 0 spiro atoms. The number of carbonyl (C=O) groups excluding carboxylic acids is 1. The molecule has 1 amide bonds. The van der Waals surface area contributed by atoms with E-state index >= 15 is 0 Å². The molecule has 1 aliphatic carbocycles. The van der Waals surface area contributed by atoms with Crippen LogP contribution in [0, 0.1) is 11.8 Å². The number of aliphatic carboxylic acids is 1. The molecular formula is C11H12BrNO3S. The Morgan fingerprint density at radius 3 is 2.82 bits per heavy atom. The number of carboxylic acids is 1. The minimum absolute atomic E-state index is 0.131. The predicted octanol–water partition coefficient (Wildman–Crippen LogP) is 1.89. The molecule has 92 valence electrons. The van der Waals surface area contributed by atoms with Crippen LogP contribution in [0.25, 0.3) is 0 Å². The standard InChI is InChI=1S/C11H12BrNO3S/c12-6-3-7(17-5-6)1-2-13-10(14)8-4-9(8)11(15)16/h3,5,8-9H,1-2,4H2,(H,13,14)(H,15,16). The fraction of sp³-hybridized carbons (Fsp3) is 0.455. The number of rotatable bonds is 5. The molecule has 2 atom stereocenters. The Morgan fingerprint density at radius 1 is 1.53 bits per heavy atom. The van der Waals surface area contributed by atoms with Gasteiger partial charge in [-0.25, -0.2) is 0 Å². The fourth-order valence-electron chi connectivity index (χ4n) is 1.68. The van der Waals surface area contributed by atoms with Crippen LogP contribution in [0.15, 0.2) is 15.9 Å². The summed E-state index contributed by atoms with van der Waals surface area (Å²) in [7, 11) is 0. The van der Waals surface area contributed by atoms with Crippen LogP contribution >= 0.6 is 27.3 Å². The number of nitrogens with one attached hydrogen (secondary N) is 1. The van der Waals surface area contributed by atoms with E-state index in [1.807, 2.05) is 11.4 Å². The molecule has 2 unspecified atom stereocenters. The lowest BCUT2D eigenvalue weighted by Crippen LogP contribution is -2.28. The predicted molar refractivity (Wildman–Crippen MR) is 68.0 cm³/mol. The van der Waals surface area contributed by atoms with E-state index < -0.39 is 11.9 Å². The average Bonchev–Trinajstić information content (AvgIpc) is 2.97. The van der Waals surface area contributed by atoms with E-state index in [0.29, 0.717) is 13.0 Å². The summed E-state index contributed by atoms with van der Waals surface area (Å²) in [4.78, 5) is 23.3. The van der Waals surface area contributed by atoms with Crippen LogP contribution in [0.3, 0.4) is 0 Å². The van der Waals surface area contributed by atoms with E-state index in [4.69, 9.17) is 5.11 Å². The third-order valence-electron chi connectivity index (χ3n) is 2.74. The zero-order valence-electron chi connectivity index (χ0n) is 8.98. The number of hydrogen-bond donors (Lipinski definition) is 2. The Bertz CT molecular complexity index is 446. The van der Waals surface area contributed by atoms with Gasteiger partial charge >= 0.3 is 5.97 Å². The molecule has 1 saturated carbocycles. The highest BCUT2D eigenvalue weighted by Gasteiger charge is 2.48. The van der Waals surface area contributed by atoms with Gasteiger partial charge < -0.3 is 10.4 Å². The second-order valence-electron chi connectivity index (χ2n) is 4.06. The van der Waals surface area contributed by atoms with E-state index in [1.165, 1.54) is 4.88 Å². The minimum Gasteiger partial charge on any atom is -0.481 e. The van der Waals surface area contributed by atoms with Crippen LogP contribution in [0.5, 0.6) is 0 Å². The topological polar surface area (TPSA) is 66.4 Å². The lowest BCUT2D eigenvalue weighted by atomic mass is 10.3. The van der Waals surface area contributed by atoms with Gasteiger partial charge in [0.15, 0.2) is 0 Å². The first-order valence-corrected chi connectivity index (χ1v) is 6.98. The Kier molecular flexibility index (Phi) is 3.83. The monoisotopic (exact) mass is 317 g/mol. The molecule has 1 aromatic rings. The van der Waals surface area contributed by atoms with Crippen molar-refractivity contribution in [3.63, 3.8) is 0 Å². The molecule has 4 nitrogen and oxygen atoms in total. The van der Waals surface area contributed by atoms with Crippen LogP contribution in [0.4, 0.5) is 0 Å². The number of carbonyl (C=O) groups is 2. The maximum absolute atomic E-state index is 11.5. The van der Waals surface area contributed by atoms with Gasteiger partial charge in [-0.05, 0) is 34.8 Å². The Balaban J connectivity index is 1.69. The Morgan fingerprint density at radius 2 is 2.29 bits per heavy atom. The summed E-state index contributed by atoms with van der Waals surface area (Å²) in [6.45, 7) is 0.564. The molecule has 1 aromatic heterocycles. The summed E-state index contributed by atoms with van der Waals surface area (Å²) >= 11 is 5.01. The van der Waals surface area contributed by atoms with Crippen molar-refractivity contribution in [2.24, 2.45) is 11.8 Å². The van der Waals surface area contributed by atoms with Crippen molar-refractivity contribution in [1.82, 2.24) is 5.32 Å². The van der Waals surface area contributed by atoms with Gasteiger partial charge in [-0.1, -0.05) is 0 Å². The molecule has 0 radical (unpaired) electrons. The molecule has 2 rings (SSSR count). The van der Waals surface area contributed by atoms with Gasteiger partial charge in [0.2, 0.25) is 5.91 Å². The first kappa shape index (κ1) is 12.6. The molecule has 0 aliphatic heterocycles. The summed E-state index contributed by atoms with van der Waals surface area (Å²) in [5.74, 6) is -1.78. The smallest absolute Gasteiger partial charge is 0.307 e. The van der Waals surface area contributed by atoms with E-state index in [9.17, 15) is 9.59 Å². The van der Waals surface area contributed by atoms with Gasteiger partial charge in [-0.15, -0.1) is 11.3 Å². The molecule has 2 N–H and O–H groups in total. The van der Waals surface area contributed by atoms with Crippen LogP contribution in [-0.2, 0) is 16.0 Å². The molecule has 0 bridgehead atoms. The summed E-state index contributed by atoms with van der Waals surface area (Å²) in [6.07, 6.45) is 1.26. The van der Waals surface area contributed by atoms with Crippen molar-refractivity contribution in [3.05, 3.63) is 20.8 Å². The Hall–Kier alpha value is -0.880. The number of carboxylic acid groups (broad SMARTS) is 1. The third-order valence-corrected chi connectivity index (χ3v) is 4.49. The van der Waals surface area contributed by atoms with Crippen molar-refractivity contribution < 1.29 is 14.7 Å². The minimum atomic E-state index is -0.868. The quantitative estimate of drug-likeness (QED) is 0.871. The SMILES string of the molecule is O=C(O)C1CC1C(=O)NCCc1cc(Br)cs1. The fourth-order valence-corrected chi connectivity index (χ4v) is 3.14. The van der Waals surface area contributed by atoms with Gasteiger partial charge in [0.1, 0.15) is 0 Å². The normalized spacial score (nSPS) is 22.2. The molecule has 1 fully saturated rings. The summed E-state index contributed by atoms with van der Waals surface area (Å²) < 4.78 is 1.05. The lowest BCUT2D eigenvalue weighted by molar-refractivity contribution is -0.140. The molecule has 0 saturated heterocycles. The van der Waals surface area contributed by atoms with Gasteiger partial charge in [0.05, 0.1) is 11.8 Å². The Labute approximate surface area is 111 Å². The van der Waals surface area contributed by atoms with Gasteiger partial charge in [-0.3, -0.25) is 9.59 Å². The maximum atomic E-state index is 11.5. The number of hydrogen-bond acceptors (Lipinski definition) is 3. The highest BCUT2D eigenvalue weighted by Crippen LogP contribution is 2.38. The molecule has 17 heavy (non-hydrogen) atoms. The number of amides is 1. The van der Waals surface area contributed by atoms with Crippen molar-refractivity contribution in [2.45, 2.75) is 12.8 Å². The van der Waals surface area contributed by atoms with E-state index in [-0.39, 0.29) is 11.8 Å². The second-order valence-corrected chi connectivity index (χ2v) is 5.97. The zero-order chi connectivity index (χ0) is 12.4. The zero-order valence-corrected chi connectivity index (χ0v) is 11.4. The van der Waals surface area contributed by atoms with Crippen LogP contribution in [-0.4, -0.2) is 23.5 Å². The lowest BCUT2D eigenvalue weighted by Gasteiger charge is -2.02. The summed E-state index contributed by atoms with van der Waals surface area (Å²) in [6, 6.07) is 2.02. The van der Waals surface area contributed by atoms with E-state index in [2.05, 4.69) is 21.2 Å². The number of halogens is 1. The van der Waals surface area contributed by atoms with Crippen molar-refractivity contribution in [1.29, 1.82) is 0 Å². The highest BCUT2D eigenvalue weighted by molar-refractivity contribution is 9.10. The van der Waals surface area contributed by atoms with Crippen LogP contribution in [0.2, 0.25) is 0 Å². The maximum Gasteiger partial charge on any atom is 0.307 e. The van der Waals surface area contributed by atoms with Crippen molar-refractivity contribution in [2.75, 3.05) is 6.54 Å². The molecule has 1 heterocycles. The second kappa shape index (κ2) is 5.18.